The number of methoxy groups -OCH3 is 1. The summed E-state index contributed by atoms with van der Waals surface area (Å²) in [6.45, 7) is 2.90. The molecule has 0 aliphatic rings. The second-order valence-electron chi connectivity index (χ2n) is 8.78. The zero-order valence-corrected chi connectivity index (χ0v) is 23.4. The molecule has 9 heteroatoms. The topological polar surface area (TPSA) is 95.5 Å². The average molecular weight is 573 g/mol. The van der Waals surface area contributed by atoms with Crippen molar-refractivity contribution in [3.8, 4) is 23.0 Å². The molecule has 0 saturated carbocycles. The van der Waals surface area contributed by atoms with Crippen LogP contribution in [-0.2, 0) is 6.61 Å². The number of amides is 1. The van der Waals surface area contributed by atoms with Crippen molar-refractivity contribution in [3.63, 3.8) is 0 Å². The Kier molecular flexibility index (Phi) is 10.3. The first-order valence-corrected chi connectivity index (χ1v) is 13.3. The number of ether oxygens (including phenoxy) is 4. The molecule has 0 bridgehead atoms. The molecule has 0 radical (unpaired) electrons. The minimum Gasteiger partial charge on any atom is -0.494 e. The van der Waals surface area contributed by atoms with Crippen molar-refractivity contribution in [3.05, 3.63) is 118 Å². The zero-order valence-electron chi connectivity index (χ0n) is 22.6. The van der Waals surface area contributed by atoms with Crippen LogP contribution in [0.5, 0.6) is 23.0 Å². The van der Waals surface area contributed by atoms with Gasteiger partial charge in [0, 0.05) is 5.02 Å². The van der Waals surface area contributed by atoms with E-state index >= 15 is 0 Å². The molecule has 0 aliphatic heterocycles. The summed E-state index contributed by atoms with van der Waals surface area (Å²) >= 11 is 5.93. The molecular weight excluding hydrogens is 544 g/mol. The molecule has 210 valence electrons. The number of hydrogen-bond donors (Lipinski definition) is 1. The molecule has 4 rings (SSSR count). The fourth-order valence-corrected chi connectivity index (χ4v) is 3.79. The molecule has 1 N–H and O–H groups in total. The minimum atomic E-state index is -0.532. The molecule has 0 aliphatic carbocycles. The predicted octanol–water partition coefficient (Wildman–Crippen LogP) is 6.70. The molecule has 0 heterocycles. The van der Waals surface area contributed by atoms with Crippen LogP contribution in [0.3, 0.4) is 0 Å². The van der Waals surface area contributed by atoms with Crippen molar-refractivity contribution in [2.45, 2.75) is 20.0 Å². The van der Waals surface area contributed by atoms with Crippen LogP contribution in [0.25, 0.3) is 0 Å². The van der Waals surface area contributed by atoms with Crippen LogP contribution in [0.1, 0.15) is 45.2 Å². The van der Waals surface area contributed by atoms with Crippen LogP contribution < -0.4 is 24.4 Å². The Balaban J connectivity index is 1.36. The van der Waals surface area contributed by atoms with Crippen LogP contribution in [-0.4, -0.2) is 31.8 Å². The summed E-state index contributed by atoms with van der Waals surface area (Å²) in [6.07, 6.45) is 2.35. The van der Waals surface area contributed by atoms with E-state index < -0.39 is 11.9 Å². The Bertz CT molecular complexity index is 1500. The summed E-state index contributed by atoms with van der Waals surface area (Å²) in [4.78, 5) is 25.4. The maximum Gasteiger partial charge on any atom is 0.343 e. The fourth-order valence-electron chi connectivity index (χ4n) is 3.66. The highest BCUT2D eigenvalue weighted by Crippen LogP contribution is 2.29. The number of nitrogens with zero attached hydrogens (tertiary/aromatic N) is 1. The van der Waals surface area contributed by atoms with Gasteiger partial charge < -0.3 is 18.9 Å². The lowest BCUT2D eigenvalue weighted by Crippen LogP contribution is -2.18. The first kappa shape index (κ1) is 29.2. The van der Waals surface area contributed by atoms with Crippen molar-refractivity contribution in [2.24, 2.45) is 5.10 Å². The van der Waals surface area contributed by atoms with Crippen molar-refractivity contribution < 1.29 is 28.5 Å². The van der Waals surface area contributed by atoms with Gasteiger partial charge in [-0.2, -0.15) is 5.10 Å². The number of carbonyl (C=O) groups is 2. The van der Waals surface area contributed by atoms with Crippen LogP contribution in [0.4, 0.5) is 0 Å². The third kappa shape index (κ3) is 8.33. The smallest absolute Gasteiger partial charge is 0.343 e. The molecule has 0 spiro atoms. The molecule has 4 aromatic carbocycles. The Hall–Kier alpha value is -4.82. The molecule has 4 aromatic rings. The molecule has 8 nitrogen and oxygen atoms in total. The summed E-state index contributed by atoms with van der Waals surface area (Å²) in [7, 11) is 1.47. The SMILES string of the molecule is CCCOc1ccc(C(=O)Oc2ccc(/C=N\NC(=O)c3ccccc3OCc3ccc(Cl)cc3)cc2OC)cc1. The van der Waals surface area contributed by atoms with E-state index in [0.29, 0.717) is 45.6 Å². The van der Waals surface area contributed by atoms with Gasteiger partial charge in [-0.1, -0.05) is 42.8 Å². The van der Waals surface area contributed by atoms with Gasteiger partial charge in [-0.3, -0.25) is 4.79 Å². The Morgan fingerprint density at radius 3 is 2.37 bits per heavy atom. The molecule has 1 amide bonds. The van der Waals surface area contributed by atoms with Crippen molar-refractivity contribution in [1.82, 2.24) is 5.43 Å². The van der Waals surface area contributed by atoms with E-state index in [1.807, 2.05) is 19.1 Å². The number of halogens is 1. The van der Waals surface area contributed by atoms with E-state index in [2.05, 4.69) is 10.5 Å². The number of nitrogens with one attached hydrogen (secondary N) is 1. The first-order valence-electron chi connectivity index (χ1n) is 12.9. The lowest BCUT2D eigenvalue weighted by atomic mass is 10.2. The van der Waals surface area contributed by atoms with Crippen molar-refractivity contribution in [1.29, 1.82) is 0 Å². The number of rotatable bonds is 12. The summed E-state index contributed by atoms with van der Waals surface area (Å²) in [5.41, 5.74) is 4.76. The zero-order chi connectivity index (χ0) is 29.0. The van der Waals surface area contributed by atoms with Crippen LogP contribution in [0.2, 0.25) is 5.02 Å². The van der Waals surface area contributed by atoms with Gasteiger partial charge in [-0.05, 0) is 84.3 Å². The first-order chi connectivity index (χ1) is 20.0. The third-order valence-corrected chi connectivity index (χ3v) is 6.02. The van der Waals surface area contributed by atoms with Crippen molar-refractivity contribution >= 4 is 29.7 Å². The Morgan fingerprint density at radius 2 is 1.63 bits per heavy atom. The maximum absolute atomic E-state index is 12.8. The van der Waals surface area contributed by atoms with E-state index in [0.717, 1.165) is 12.0 Å². The van der Waals surface area contributed by atoms with Gasteiger partial charge in [-0.25, -0.2) is 10.2 Å². The van der Waals surface area contributed by atoms with E-state index in [9.17, 15) is 9.59 Å². The quantitative estimate of drug-likeness (QED) is 0.0878. The van der Waals surface area contributed by atoms with Crippen molar-refractivity contribution in [2.75, 3.05) is 13.7 Å². The van der Waals surface area contributed by atoms with Gasteiger partial charge in [0.05, 0.1) is 31.1 Å². The van der Waals surface area contributed by atoms with Gasteiger partial charge >= 0.3 is 5.97 Å². The highest BCUT2D eigenvalue weighted by atomic mass is 35.5. The highest BCUT2D eigenvalue weighted by Gasteiger charge is 2.14. The monoisotopic (exact) mass is 572 g/mol. The van der Waals surface area contributed by atoms with Gasteiger partial charge in [0.25, 0.3) is 5.91 Å². The largest absolute Gasteiger partial charge is 0.494 e. The molecule has 0 saturated heterocycles. The van der Waals surface area contributed by atoms with Crippen LogP contribution in [0.15, 0.2) is 96.1 Å². The van der Waals surface area contributed by atoms with Crippen LogP contribution in [0, 0.1) is 0 Å². The van der Waals surface area contributed by atoms with Gasteiger partial charge in [-0.15, -0.1) is 0 Å². The molecule has 41 heavy (non-hydrogen) atoms. The molecule has 0 fully saturated rings. The van der Waals surface area contributed by atoms with Gasteiger partial charge in [0.1, 0.15) is 18.1 Å². The summed E-state index contributed by atoms with van der Waals surface area (Å²) in [5.74, 6) is 0.721. The standard InChI is InChI=1S/C32H29ClN2O6/c1-3-18-39-26-15-11-24(12-16-26)32(37)41-29-17-10-23(19-30(29)38-2)20-34-35-31(36)27-6-4-5-7-28(27)40-21-22-8-13-25(33)14-9-22/h4-17,19-20H,3,18,21H2,1-2H3,(H,35,36)/b34-20-. The van der Waals surface area contributed by atoms with E-state index in [4.69, 9.17) is 30.5 Å². The Morgan fingerprint density at radius 1 is 0.878 bits per heavy atom. The highest BCUT2D eigenvalue weighted by molar-refractivity contribution is 6.30. The van der Waals surface area contributed by atoms with E-state index in [1.165, 1.54) is 13.3 Å². The molecular formula is C32H29ClN2O6. The van der Waals surface area contributed by atoms with Gasteiger partial charge in [0.2, 0.25) is 0 Å². The number of benzene rings is 4. The number of esters is 1. The third-order valence-electron chi connectivity index (χ3n) is 5.77. The normalized spacial score (nSPS) is 10.7. The van der Waals surface area contributed by atoms with E-state index in [1.54, 1.807) is 78.9 Å². The summed E-state index contributed by atoms with van der Waals surface area (Å²) in [5, 5.41) is 4.70. The second kappa shape index (κ2) is 14.5. The fraction of sp³-hybridized carbons (Fsp3) is 0.156. The van der Waals surface area contributed by atoms with Crippen LogP contribution >= 0.6 is 11.6 Å². The van der Waals surface area contributed by atoms with Gasteiger partial charge in [0.15, 0.2) is 11.5 Å². The molecule has 0 aromatic heterocycles. The second-order valence-corrected chi connectivity index (χ2v) is 9.22. The number of para-hydroxylation sites is 1. The predicted molar refractivity (Wildman–Crippen MR) is 157 cm³/mol. The lowest BCUT2D eigenvalue weighted by Gasteiger charge is -2.11. The number of carbonyl (C=O) groups excluding carboxylic acids is 2. The van der Waals surface area contributed by atoms with E-state index in [-0.39, 0.29) is 12.4 Å². The number of hydrazone groups is 1. The average Bonchev–Trinajstić information content (AvgIpc) is 3.00. The molecule has 0 unspecified atom stereocenters. The Labute approximate surface area is 243 Å². The number of hydrogen-bond acceptors (Lipinski definition) is 7. The maximum atomic E-state index is 12.8. The molecule has 0 atom stereocenters. The minimum absolute atomic E-state index is 0.247. The summed E-state index contributed by atoms with van der Waals surface area (Å²) < 4.78 is 22.3. The lowest BCUT2D eigenvalue weighted by molar-refractivity contribution is 0.0729. The summed E-state index contributed by atoms with van der Waals surface area (Å²) in [6, 6.07) is 25.8.